The van der Waals surface area contributed by atoms with Crippen LogP contribution in [-0.4, -0.2) is 25.5 Å². The minimum absolute atomic E-state index is 0.841. The fraction of sp³-hybridized carbons (Fsp3) is 0.500. The molecule has 0 saturated heterocycles. The molecule has 0 aromatic rings. The van der Waals surface area contributed by atoms with Gasteiger partial charge in [-0.25, -0.2) is 0 Å². The molecule has 0 unspecified atom stereocenters. The lowest BCUT2D eigenvalue weighted by Gasteiger charge is -2.01. The van der Waals surface area contributed by atoms with Crippen LogP contribution in [0, 0.1) is 11.3 Å². The molecular formula is C6H10N2. The van der Waals surface area contributed by atoms with Crippen LogP contribution in [0.15, 0.2) is 12.2 Å². The van der Waals surface area contributed by atoms with Gasteiger partial charge in [-0.3, -0.25) is 0 Å². The van der Waals surface area contributed by atoms with E-state index in [0.717, 1.165) is 6.54 Å². The number of nitriles is 1. The maximum Gasteiger partial charge on any atom is 0.0909 e. The van der Waals surface area contributed by atoms with E-state index in [2.05, 4.69) is 0 Å². The maximum atomic E-state index is 8.02. The Labute approximate surface area is 50.0 Å². The fourth-order valence-corrected chi connectivity index (χ4v) is 0.316. The molecule has 0 N–H and O–H groups in total. The zero-order chi connectivity index (χ0) is 6.41. The van der Waals surface area contributed by atoms with Gasteiger partial charge in [-0.2, -0.15) is 5.26 Å². The number of allylic oxidation sites excluding steroid dienone is 1. The van der Waals surface area contributed by atoms with Crippen LogP contribution in [0.3, 0.4) is 0 Å². The van der Waals surface area contributed by atoms with Crippen molar-refractivity contribution >= 4 is 0 Å². The van der Waals surface area contributed by atoms with E-state index in [1.54, 1.807) is 0 Å². The monoisotopic (exact) mass is 110 g/mol. The molecule has 0 atom stereocenters. The standard InChI is InChI=1S/C6H10N2/c1-8(2)6-4-3-5-7/h3-4H,6H2,1-2H3. The van der Waals surface area contributed by atoms with Gasteiger partial charge in [0.25, 0.3) is 0 Å². The smallest absolute Gasteiger partial charge is 0.0909 e. The van der Waals surface area contributed by atoms with Gasteiger partial charge in [0.2, 0.25) is 0 Å². The van der Waals surface area contributed by atoms with Crippen molar-refractivity contribution in [3.8, 4) is 6.07 Å². The highest BCUT2D eigenvalue weighted by Crippen LogP contribution is 1.74. The van der Waals surface area contributed by atoms with Crippen molar-refractivity contribution in [2.75, 3.05) is 20.6 Å². The van der Waals surface area contributed by atoms with E-state index in [-0.39, 0.29) is 0 Å². The van der Waals surface area contributed by atoms with Crippen LogP contribution in [0.25, 0.3) is 0 Å². The molecule has 0 aromatic carbocycles. The summed E-state index contributed by atoms with van der Waals surface area (Å²) in [5, 5.41) is 8.02. The van der Waals surface area contributed by atoms with Gasteiger partial charge in [0.05, 0.1) is 6.07 Å². The highest BCUT2D eigenvalue weighted by atomic mass is 15.0. The van der Waals surface area contributed by atoms with Crippen molar-refractivity contribution in [1.82, 2.24) is 4.90 Å². The third-order valence-corrected chi connectivity index (χ3v) is 0.663. The number of hydrogen-bond donors (Lipinski definition) is 0. The fourth-order valence-electron chi connectivity index (χ4n) is 0.316. The van der Waals surface area contributed by atoms with Crippen LogP contribution in [0.2, 0.25) is 0 Å². The summed E-state index contributed by atoms with van der Waals surface area (Å²) in [6.07, 6.45) is 3.31. The topological polar surface area (TPSA) is 27.0 Å². The van der Waals surface area contributed by atoms with Gasteiger partial charge in [-0.05, 0) is 14.1 Å². The first-order chi connectivity index (χ1) is 3.77. The molecule has 2 heteroatoms. The Balaban J connectivity index is 3.19. The number of hydrogen-bond acceptors (Lipinski definition) is 2. The molecule has 0 bridgehead atoms. The van der Waals surface area contributed by atoms with Gasteiger partial charge >= 0.3 is 0 Å². The zero-order valence-electron chi connectivity index (χ0n) is 5.26. The number of nitrogens with zero attached hydrogens (tertiary/aromatic N) is 2. The Hall–Kier alpha value is -0.810. The predicted octanol–water partition coefficient (Wildman–Crippen LogP) is 0.628. The molecule has 0 rings (SSSR count). The quantitative estimate of drug-likeness (QED) is 0.487. The molecule has 8 heavy (non-hydrogen) atoms. The second-order valence-electron chi connectivity index (χ2n) is 1.79. The van der Waals surface area contributed by atoms with Crippen LogP contribution in [0.4, 0.5) is 0 Å². The lowest BCUT2D eigenvalue weighted by Crippen LogP contribution is -2.10. The second-order valence-corrected chi connectivity index (χ2v) is 1.79. The third-order valence-electron chi connectivity index (χ3n) is 0.663. The van der Waals surface area contributed by atoms with Crippen LogP contribution in [-0.2, 0) is 0 Å². The molecule has 0 saturated carbocycles. The minimum Gasteiger partial charge on any atom is -0.306 e. The lowest BCUT2D eigenvalue weighted by atomic mass is 10.5. The third kappa shape index (κ3) is 5.19. The molecule has 44 valence electrons. The molecule has 0 fully saturated rings. The molecule has 2 nitrogen and oxygen atoms in total. The minimum atomic E-state index is 0.841. The van der Waals surface area contributed by atoms with Crippen molar-refractivity contribution in [3.63, 3.8) is 0 Å². The molecule has 0 aliphatic heterocycles. The van der Waals surface area contributed by atoms with E-state index in [4.69, 9.17) is 5.26 Å². The Bertz CT molecular complexity index is 108. The molecule has 0 aliphatic rings. The second kappa shape index (κ2) is 4.35. The van der Waals surface area contributed by atoms with E-state index in [0.29, 0.717) is 0 Å². The first-order valence-corrected chi connectivity index (χ1v) is 2.46. The normalized spacial score (nSPS) is 10.2. The molecule has 0 aliphatic carbocycles. The molecule has 0 radical (unpaired) electrons. The first kappa shape index (κ1) is 7.19. The summed E-state index contributed by atoms with van der Waals surface area (Å²) >= 11 is 0. The van der Waals surface area contributed by atoms with Gasteiger partial charge in [0, 0.05) is 12.6 Å². The van der Waals surface area contributed by atoms with Crippen LogP contribution in [0.1, 0.15) is 0 Å². The summed E-state index contributed by atoms with van der Waals surface area (Å²) in [7, 11) is 3.92. The summed E-state index contributed by atoms with van der Waals surface area (Å²) < 4.78 is 0. The maximum absolute atomic E-state index is 8.02. The summed E-state index contributed by atoms with van der Waals surface area (Å²) in [6, 6.07) is 1.92. The Morgan fingerprint density at radius 2 is 2.25 bits per heavy atom. The van der Waals surface area contributed by atoms with Crippen molar-refractivity contribution in [2.24, 2.45) is 0 Å². The largest absolute Gasteiger partial charge is 0.306 e. The zero-order valence-corrected chi connectivity index (χ0v) is 5.26. The van der Waals surface area contributed by atoms with Crippen molar-refractivity contribution in [1.29, 1.82) is 5.26 Å². The number of likely N-dealkylation sites (N-methyl/N-ethyl adjacent to an activating group) is 1. The van der Waals surface area contributed by atoms with Gasteiger partial charge < -0.3 is 4.90 Å². The Kier molecular flexibility index (Phi) is 3.91. The average molecular weight is 110 g/mol. The summed E-state index contributed by atoms with van der Waals surface area (Å²) in [5.41, 5.74) is 0. The Morgan fingerprint density at radius 1 is 1.62 bits per heavy atom. The Morgan fingerprint density at radius 3 is 2.62 bits per heavy atom. The highest BCUT2D eigenvalue weighted by molar-refractivity contribution is 5.02. The summed E-state index contributed by atoms with van der Waals surface area (Å²) in [4.78, 5) is 1.99. The van der Waals surface area contributed by atoms with Crippen molar-refractivity contribution in [2.45, 2.75) is 0 Å². The van der Waals surface area contributed by atoms with Crippen LogP contribution >= 0.6 is 0 Å². The average Bonchev–Trinajstić information content (AvgIpc) is 1.66. The SMILES string of the molecule is CN(C)CC=CC#N. The van der Waals surface area contributed by atoms with E-state index >= 15 is 0 Å². The summed E-state index contributed by atoms with van der Waals surface area (Å²) in [5.74, 6) is 0. The molecule has 0 amide bonds. The number of rotatable bonds is 2. The van der Waals surface area contributed by atoms with Gasteiger partial charge in [-0.1, -0.05) is 6.08 Å². The van der Waals surface area contributed by atoms with Gasteiger partial charge in [0.1, 0.15) is 0 Å². The molecule has 0 spiro atoms. The molecular weight excluding hydrogens is 100 g/mol. The molecule has 0 heterocycles. The predicted molar refractivity (Wildman–Crippen MR) is 33.3 cm³/mol. The first-order valence-electron chi connectivity index (χ1n) is 2.46. The van der Waals surface area contributed by atoms with E-state index in [1.807, 2.05) is 31.1 Å². The van der Waals surface area contributed by atoms with Gasteiger partial charge in [0.15, 0.2) is 0 Å². The van der Waals surface area contributed by atoms with Crippen molar-refractivity contribution in [3.05, 3.63) is 12.2 Å². The van der Waals surface area contributed by atoms with E-state index in [9.17, 15) is 0 Å². The van der Waals surface area contributed by atoms with E-state index < -0.39 is 0 Å². The summed E-state index contributed by atoms with van der Waals surface area (Å²) in [6.45, 7) is 0.841. The van der Waals surface area contributed by atoms with Crippen LogP contribution in [0.5, 0.6) is 0 Å². The van der Waals surface area contributed by atoms with E-state index in [1.165, 1.54) is 6.08 Å². The van der Waals surface area contributed by atoms with Gasteiger partial charge in [-0.15, -0.1) is 0 Å². The van der Waals surface area contributed by atoms with Crippen molar-refractivity contribution < 1.29 is 0 Å². The highest BCUT2D eigenvalue weighted by Gasteiger charge is 1.78. The molecule has 0 aromatic heterocycles. The lowest BCUT2D eigenvalue weighted by molar-refractivity contribution is 0.456. The van der Waals surface area contributed by atoms with Crippen LogP contribution < -0.4 is 0 Å².